The summed E-state index contributed by atoms with van der Waals surface area (Å²) in [7, 11) is 1.30. The zero-order chi connectivity index (χ0) is 29.8. The van der Waals surface area contributed by atoms with Crippen molar-refractivity contribution >= 4 is 19.7 Å². The maximum atomic E-state index is 13.2. The minimum absolute atomic E-state index is 0.0718. The van der Waals surface area contributed by atoms with Crippen LogP contribution in [0.1, 0.15) is 50.7 Å². The largest absolute Gasteiger partial charge is 0.658 e. The van der Waals surface area contributed by atoms with Crippen molar-refractivity contribution in [3.63, 3.8) is 0 Å². The predicted octanol–water partition coefficient (Wildman–Crippen LogP) is 4.77. The summed E-state index contributed by atoms with van der Waals surface area (Å²) in [5.41, 5.74) is 1.80. The van der Waals surface area contributed by atoms with Crippen molar-refractivity contribution < 1.29 is 28.4 Å². The van der Waals surface area contributed by atoms with E-state index in [0.717, 1.165) is 74.5 Å². The number of nitrogens with zero attached hydrogens (tertiary/aromatic N) is 4. The number of benzene rings is 2. The molecule has 2 aromatic rings. The lowest BCUT2D eigenvalue weighted by Crippen LogP contribution is -2.46. The number of urea groups is 2. The number of carbonyl (C=O) groups excluding carboxylic acids is 2. The summed E-state index contributed by atoms with van der Waals surface area (Å²) in [5, 5.41) is 0. The van der Waals surface area contributed by atoms with Crippen LogP contribution < -0.4 is 18.8 Å². The van der Waals surface area contributed by atoms with Gasteiger partial charge >= 0.3 is 19.7 Å². The van der Waals surface area contributed by atoms with Crippen LogP contribution in [0, 0.1) is 11.8 Å². The summed E-state index contributed by atoms with van der Waals surface area (Å²) in [5.74, 6) is 4.05. The minimum atomic E-state index is 0.0718. The number of piperidine rings is 2. The van der Waals surface area contributed by atoms with Gasteiger partial charge < -0.3 is 38.4 Å². The van der Waals surface area contributed by atoms with Crippen LogP contribution in [-0.4, -0.2) is 91.8 Å². The normalized spacial score (nSPS) is 19.7. The number of fused-ring (bicyclic) bond motifs is 2. The first-order chi connectivity index (χ1) is 20.9. The van der Waals surface area contributed by atoms with Gasteiger partial charge in [-0.15, -0.1) is 0 Å². The van der Waals surface area contributed by atoms with Crippen LogP contribution in [0.2, 0.25) is 0 Å². The van der Waals surface area contributed by atoms with Gasteiger partial charge in [-0.3, -0.25) is 0 Å². The average molecular weight is 590 g/mol. The number of amides is 4. The Bertz CT molecular complexity index is 1200. The second-order valence-corrected chi connectivity index (χ2v) is 12.3. The Kier molecular flexibility index (Phi) is 9.04. The van der Waals surface area contributed by atoms with Crippen LogP contribution in [0.5, 0.6) is 23.0 Å². The highest BCUT2D eigenvalue weighted by molar-refractivity contribution is 6.20. The van der Waals surface area contributed by atoms with Crippen molar-refractivity contribution in [3.8, 4) is 23.0 Å². The Morgan fingerprint density at radius 1 is 0.651 bits per heavy atom. The molecule has 43 heavy (non-hydrogen) atoms. The van der Waals surface area contributed by atoms with Gasteiger partial charge in [0, 0.05) is 37.3 Å². The van der Waals surface area contributed by atoms with Crippen molar-refractivity contribution in [3.05, 3.63) is 47.5 Å². The molecule has 0 aliphatic carbocycles. The first-order valence-corrected chi connectivity index (χ1v) is 15.7. The highest BCUT2D eigenvalue weighted by atomic mass is 16.6. The van der Waals surface area contributed by atoms with E-state index in [1.165, 1.54) is 7.69 Å². The fourth-order valence-corrected chi connectivity index (χ4v) is 6.15. The van der Waals surface area contributed by atoms with Crippen LogP contribution in [0.15, 0.2) is 36.4 Å². The number of ether oxygens (including phenoxy) is 2. The summed E-state index contributed by atoms with van der Waals surface area (Å²) in [6.45, 7) is 10.7. The van der Waals surface area contributed by atoms with Gasteiger partial charge in [-0.1, -0.05) is 13.8 Å². The van der Waals surface area contributed by atoms with Gasteiger partial charge in [0.05, 0.1) is 26.2 Å². The average Bonchev–Trinajstić information content (AvgIpc) is 3.37. The van der Waals surface area contributed by atoms with Crippen molar-refractivity contribution in [2.45, 2.75) is 52.6 Å². The number of hydrogen-bond acceptors (Lipinski definition) is 6. The Morgan fingerprint density at radius 2 is 1.07 bits per heavy atom. The Balaban J connectivity index is 1.05. The summed E-state index contributed by atoms with van der Waals surface area (Å²) in [4.78, 5) is 34.1. The molecule has 2 fully saturated rings. The molecular weight excluding hydrogens is 547 g/mol. The second-order valence-electron chi connectivity index (χ2n) is 12.3. The number of hydrogen-bond donors (Lipinski definition) is 0. The zero-order valence-corrected chi connectivity index (χ0v) is 25.3. The van der Waals surface area contributed by atoms with Crippen LogP contribution in [0.25, 0.3) is 0 Å². The lowest BCUT2D eigenvalue weighted by atomic mass is 9.99. The molecule has 0 atom stereocenters. The quantitative estimate of drug-likeness (QED) is 0.478. The SMILES string of the molecule is CC1CCN(C(=O)N2CCOc3ccc(O[B]Oc4ccc5c(c4)CN(C(=O)N4CCC(C)CC4)CCO5)cc3C2)CC1. The van der Waals surface area contributed by atoms with E-state index in [1.54, 1.807) is 0 Å². The van der Waals surface area contributed by atoms with Gasteiger partial charge in [0.1, 0.15) is 36.2 Å². The van der Waals surface area contributed by atoms with Crippen LogP contribution >= 0.6 is 0 Å². The molecule has 4 heterocycles. The third-order valence-corrected chi connectivity index (χ3v) is 9.04. The van der Waals surface area contributed by atoms with Gasteiger partial charge in [0.25, 0.3) is 0 Å². The van der Waals surface area contributed by atoms with Gasteiger partial charge in [0.15, 0.2) is 0 Å². The Hall–Kier alpha value is -3.76. The van der Waals surface area contributed by atoms with E-state index in [9.17, 15) is 9.59 Å². The molecule has 4 amide bonds. The van der Waals surface area contributed by atoms with E-state index in [2.05, 4.69) is 13.8 Å². The fraction of sp³-hybridized carbons (Fsp3) is 0.562. The van der Waals surface area contributed by atoms with Gasteiger partial charge in [-0.25, -0.2) is 9.59 Å². The third-order valence-electron chi connectivity index (χ3n) is 9.04. The molecule has 0 unspecified atom stereocenters. The molecule has 0 saturated carbocycles. The van der Waals surface area contributed by atoms with Crippen LogP contribution in [0.4, 0.5) is 9.59 Å². The second kappa shape index (κ2) is 13.3. The maximum Gasteiger partial charge on any atom is 0.658 e. The molecule has 11 heteroatoms. The van der Waals surface area contributed by atoms with E-state index < -0.39 is 0 Å². The summed E-state index contributed by atoms with van der Waals surface area (Å²) >= 11 is 0. The molecule has 10 nitrogen and oxygen atoms in total. The van der Waals surface area contributed by atoms with Gasteiger partial charge in [-0.05, 0) is 73.9 Å². The monoisotopic (exact) mass is 589 g/mol. The van der Waals surface area contributed by atoms with Crippen LogP contribution in [0.3, 0.4) is 0 Å². The van der Waals surface area contributed by atoms with Crippen molar-refractivity contribution in [2.24, 2.45) is 11.8 Å². The van der Waals surface area contributed by atoms with Crippen molar-refractivity contribution in [1.82, 2.24) is 19.6 Å². The first kappa shape index (κ1) is 29.3. The standard InChI is InChI=1S/C32H42BN4O6/c1-23-7-11-34(12-8-23)31(38)36-15-17-40-29-5-3-27(19-25(29)21-36)42-33-43-28-4-6-30-26(20-28)22-37(16-18-41-30)32(39)35-13-9-24(2)10-14-35/h3-6,19-20,23-24H,7-18,21-22H2,1-2H3. The number of carbonyl (C=O) groups is 2. The molecule has 0 bridgehead atoms. The highest BCUT2D eigenvalue weighted by Gasteiger charge is 2.29. The van der Waals surface area contributed by atoms with E-state index in [-0.39, 0.29) is 12.1 Å². The molecule has 229 valence electrons. The van der Waals surface area contributed by atoms with Crippen molar-refractivity contribution in [2.75, 3.05) is 52.5 Å². The molecule has 1 radical (unpaired) electrons. The molecule has 4 aliphatic heterocycles. The molecule has 2 aromatic carbocycles. The lowest BCUT2D eigenvalue weighted by Gasteiger charge is -2.34. The lowest BCUT2D eigenvalue weighted by molar-refractivity contribution is 0.128. The highest BCUT2D eigenvalue weighted by Crippen LogP contribution is 2.30. The van der Waals surface area contributed by atoms with E-state index in [1.807, 2.05) is 56.0 Å². The Labute approximate surface area is 255 Å². The van der Waals surface area contributed by atoms with Crippen molar-refractivity contribution in [1.29, 1.82) is 0 Å². The maximum absolute atomic E-state index is 13.2. The summed E-state index contributed by atoms with van der Waals surface area (Å²) in [6.07, 6.45) is 4.19. The van der Waals surface area contributed by atoms with Gasteiger partial charge in [0.2, 0.25) is 0 Å². The van der Waals surface area contributed by atoms with E-state index in [0.29, 0.717) is 62.7 Å². The van der Waals surface area contributed by atoms with E-state index >= 15 is 0 Å². The van der Waals surface area contributed by atoms with Gasteiger partial charge in [-0.2, -0.15) is 0 Å². The molecule has 6 rings (SSSR count). The number of rotatable bonds is 4. The smallest absolute Gasteiger partial charge is 0.526 e. The molecule has 0 N–H and O–H groups in total. The Morgan fingerprint density at radius 3 is 1.49 bits per heavy atom. The summed E-state index contributed by atoms with van der Waals surface area (Å²) in [6, 6.07) is 11.4. The van der Waals surface area contributed by atoms with E-state index in [4.69, 9.17) is 18.8 Å². The predicted molar refractivity (Wildman–Crippen MR) is 162 cm³/mol. The first-order valence-electron chi connectivity index (χ1n) is 15.7. The fourth-order valence-electron chi connectivity index (χ4n) is 6.15. The topological polar surface area (TPSA) is 84.0 Å². The summed E-state index contributed by atoms with van der Waals surface area (Å²) < 4.78 is 23.6. The number of likely N-dealkylation sites (tertiary alicyclic amines) is 2. The zero-order valence-electron chi connectivity index (χ0n) is 25.3. The molecule has 0 aromatic heterocycles. The molecule has 2 saturated heterocycles. The minimum Gasteiger partial charge on any atom is -0.526 e. The van der Waals surface area contributed by atoms with Crippen LogP contribution in [-0.2, 0) is 13.1 Å². The molecule has 4 aliphatic rings. The molecule has 0 spiro atoms. The molecular formula is C32H42BN4O6. The third kappa shape index (κ3) is 7.08.